The van der Waals surface area contributed by atoms with Crippen LogP contribution in [0.25, 0.3) is 0 Å². The van der Waals surface area contributed by atoms with E-state index in [-0.39, 0.29) is 6.04 Å². The highest BCUT2D eigenvalue weighted by atomic mass is 35.5. The molecule has 0 spiro atoms. The minimum atomic E-state index is 0.150. The summed E-state index contributed by atoms with van der Waals surface area (Å²) in [5, 5.41) is 4.51. The zero-order valence-corrected chi connectivity index (χ0v) is 13.0. The molecule has 21 heavy (non-hydrogen) atoms. The summed E-state index contributed by atoms with van der Waals surface area (Å²) in [6.45, 7) is 2.22. The van der Waals surface area contributed by atoms with Gasteiger partial charge in [0.05, 0.1) is 0 Å². The molecule has 0 fully saturated rings. The predicted octanol–water partition coefficient (Wildman–Crippen LogP) is 4.01. The standard InChI is InChI=1S/C18H21ClN2/c1-12(9-13-5-4-6-14(19)10-13)21-18-11-17(20)15-7-2-3-8-16(15)18/h2-8,10,12,17-18,21H,9,11,20H2,1H3. The van der Waals surface area contributed by atoms with E-state index >= 15 is 0 Å². The lowest BCUT2D eigenvalue weighted by Gasteiger charge is -2.20. The molecule has 2 aromatic carbocycles. The van der Waals surface area contributed by atoms with Gasteiger partial charge >= 0.3 is 0 Å². The molecule has 0 aromatic heterocycles. The summed E-state index contributed by atoms with van der Waals surface area (Å²) < 4.78 is 0. The Morgan fingerprint density at radius 1 is 1.19 bits per heavy atom. The van der Waals surface area contributed by atoms with Crippen LogP contribution in [0.15, 0.2) is 48.5 Å². The van der Waals surface area contributed by atoms with E-state index in [4.69, 9.17) is 17.3 Å². The lowest BCUT2D eigenvalue weighted by atomic mass is 10.0. The summed E-state index contributed by atoms with van der Waals surface area (Å²) in [5.74, 6) is 0. The van der Waals surface area contributed by atoms with Gasteiger partial charge in [0.25, 0.3) is 0 Å². The van der Waals surface area contributed by atoms with Crippen molar-refractivity contribution in [3.8, 4) is 0 Å². The fraction of sp³-hybridized carbons (Fsp3) is 0.333. The number of halogens is 1. The Kier molecular flexibility index (Phi) is 4.29. The Morgan fingerprint density at radius 3 is 2.71 bits per heavy atom. The van der Waals surface area contributed by atoms with Crippen molar-refractivity contribution in [1.29, 1.82) is 0 Å². The Labute approximate surface area is 131 Å². The van der Waals surface area contributed by atoms with Gasteiger partial charge in [0.1, 0.15) is 0 Å². The highest BCUT2D eigenvalue weighted by Gasteiger charge is 2.28. The van der Waals surface area contributed by atoms with Crippen molar-refractivity contribution in [2.24, 2.45) is 5.73 Å². The minimum absolute atomic E-state index is 0.150. The average molecular weight is 301 g/mol. The van der Waals surface area contributed by atoms with Crippen LogP contribution in [0.1, 0.15) is 42.1 Å². The Balaban J connectivity index is 1.67. The summed E-state index contributed by atoms with van der Waals surface area (Å²) in [7, 11) is 0. The van der Waals surface area contributed by atoms with Gasteiger partial charge in [0.2, 0.25) is 0 Å². The van der Waals surface area contributed by atoms with Crippen molar-refractivity contribution in [2.75, 3.05) is 0 Å². The average Bonchev–Trinajstić information content (AvgIpc) is 2.76. The molecule has 3 unspecified atom stereocenters. The first kappa shape index (κ1) is 14.6. The first-order chi connectivity index (χ1) is 10.1. The van der Waals surface area contributed by atoms with Gasteiger partial charge in [-0.2, -0.15) is 0 Å². The lowest BCUT2D eigenvalue weighted by Crippen LogP contribution is -2.31. The van der Waals surface area contributed by atoms with Crippen LogP contribution in [0.2, 0.25) is 5.02 Å². The van der Waals surface area contributed by atoms with E-state index in [0.29, 0.717) is 12.1 Å². The molecular formula is C18H21ClN2. The van der Waals surface area contributed by atoms with Crippen LogP contribution in [0.4, 0.5) is 0 Å². The van der Waals surface area contributed by atoms with Crippen LogP contribution >= 0.6 is 11.6 Å². The summed E-state index contributed by atoms with van der Waals surface area (Å²) in [5.41, 5.74) is 10.1. The van der Waals surface area contributed by atoms with E-state index in [1.54, 1.807) is 0 Å². The molecule has 2 nitrogen and oxygen atoms in total. The first-order valence-electron chi connectivity index (χ1n) is 7.48. The predicted molar refractivity (Wildman–Crippen MR) is 88.5 cm³/mol. The molecule has 110 valence electrons. The molecule has 0 saturated carbocycles. The Hall–Kier alpha value is -1.35. The Bertz CT molecular complexity index is 626. The van der Waals surface area contributed by atoms with E-state index in [1.807, 2.05) is 18.2 Å². The second-order valence-electron chi connectivity index (χ2n) is 5.93. The molecule has 0 amide bonds. The van der Waals surface area contributed by atoms with Crippen molar-refractivity contribution in [1.82, 2.24) is 5.32 Å². The monoisotopic (exact) mass is 300 g/mol. The Morgan fingerprint density at radius 2 is 1.95 bits per heavy atom. The highest BCUT2D eigenvalue weighted by Crippen LogP contribution is 2.37. The molecule has 0 aliphatic heterocycles. The molecule has 3 N–H and O–H groups in total. The van der Waals surface area contributed by atoms with Gasteiger partial charge in [-0.25, -0.2) is 0 Å². The van der Waals surface area contributed by atoms with E-state index in [2.05, 4.69) is 42.6 Å². The fourth-order valence-corrected chi connectivity index (χ4v) is 3.46. The highest BCUT2D eigenvalue weighted by molar-refractivity contribution is 6.30. The van der Waals surface area contributed by atoms with Gasteiger partial charge in [-0.05, 0) is 48.6 Å². The van der Waals surface area contributed by atoms with Crippen molar-refractivity contribution in [3.63, 3.8) is 0 Å². The maximum absolute atomic E-state index is 6.23. The third kappa shape index (κ3) is 3.29. The maximum atomic E-state index is 6.23. The maximum Gasteiger partial charge on any atom is 0.0408 e. The number of hydrogen-bond donors (Lipinski definition) is 2. The summed E-state index contributed by atoms with van der Waals surface area (Å²) >= 11 is 6.05. The summed E-state index contributed by atoms with van der Waals surface area (Å²) in [6.07, 6.45) is 1.94. The molecule has 1 aliphatic rings. The molecular weight excluding hydrogens is 280 g/mol. The number of benzene rings is 2. The van der Waals surface area contributed by atoms with Gasteiger partial charge < -0.3 is 11.1 Å². The fourth-order valence-electron chi connectivity index (χ4n) is 3.25. The first-order valence-corrected chi connectivity index (χ1v) is 7.86. The van der Waals surface area contributed by atoms with E-state index < -0.39 is 0 Å². The van der Waals surface area contributed by atoms with Crippen molar-refractivity contribution >= 4 is 11.6 Å². The third-order valence-corrected chi connectivity index (χ3v) is 4.41. The molecule has 0 saturated heterocycles. The molecule has 0 bridgehead atoms. The largest absolute Gasteiger partial charge is 0.324 e. The van der Waals surface area contributed by atoms with Crippen LogP contribution in [0, 0.1) is 0 Å². The molecule has 3 atom stereocenters. The van der Waals surface area contributed by atoms with Crippen LogP contribution in [-0.2, 0) is 6.42 Å². The third-order valence-electron chi connectivity index (χ3n) is 4.18. The summed E-state index contributed by atoms with van der Waals surface area (Å²) in [4.78, 5) is 0. The molecule has 3 heteroatoms. The number of hydrogen-bond acceptors (Lipinski definition) is 2. The number of nitrogens with one attached hydrogen (secondary N) is 1. The molecule has 3 rings (SSSR count). The lowest BCUT2D eigenvalue weighted by molar-refractivity contribution is 0.434. The van der Waals surface area contributed by atoms with Gasteiger partial charge in [0, 0.05) is 23.1 Å². The molecule has 2 aromatic rings. The number of fused-ring (bicyclic) bond motifs is 1. The van der Waals surface area contributed by atoms with Crippen molar-refractivity contribution < 1.29 is 0 Å². The van der Waals surface area contributed by atoms with Crippen LogP contribution < -0.4 is 11.1 Å². The number of nitrogens with two attached hydrogens (primary N) is 1. The summed E-state index contributed by atoms with van der Waals surface area (Å²) in [6, 6.07) is 17.4. The normalized spacial score (nSPS) is 22.0. The topological polar surface area (TPSA) is 38.0 Å². The zero-order chi connectivity index (χ0) is 14.8. The van der Waals surface area contributed by atoms with Crippen LogP contribution in [-0.4, -0.2) is 6.04 Å². The molecule has 1 aliphatic carbocycles. The van der Waals surface area contributed by atoms with Gasteiger partial charge in [-0.1, -0.05) is 48.0 Å². The molecule has 0 radical (unpaired) electrons. The van der Waals surface area contributed by atoms with E-state index in [9.17, 15) is 0 Å². The molecule has 0 heterocycles. The number of rotatable bonds is 4. The van der Waals surface area contributed by atoms with Gasteiger partial charge in [0.15, 0.2) is 0 Å². The zero-order valence-electron chi connectivity index (χ0n) is 12.2. The second-order valence-corrected chi connectivity index (χ2v) is 6.36. The van der Waals surface area contributed by atoms with Gasteiger partial charge in [-0.15, -0.1) is 0 Å². The van der Waals surface area contributed by atoms with Crippen LogP contribution in [0.3, 0.4) is 0 Å². The SMILES string of the molecule is CC(Cc1cccc(Cl)c1)NC1CC(N)c2ccccc21. The van der Waals surface area contributed by atoms with E-state index in [0.717, 1.165) is 17.9 Å². The quantitative estimate of drug-likeness (QED) is 0.895. The van der Waals surface area contributed by atoms with Crippen molar-refractivity contribution in [2.45, 2.75) is 37.9 Å². The smallest absolute Gasteiger partial charge is 0.0408 e. The second kappa shape index (κ2) is 6.18. The van der Waals surface area contributed by atoms with Gasteiger partial charge in [-0.3, -0.25) is 0 Å². The minimum Gasteiger partial charge on any atom is -0.324 e. The van der Waals surface area contributed by atoms with E-state index in [1.165, 1.54) is 16.7 Å². The van der Waals surface area contributed by atoms with Crippen LogP contribution in [0.5, 0.6) is 0 Å². The van der Waals surface area contributed by atoms with Crippen molar-refractivity contribution in [3.05, 3.63) is 70.2 Å².